The third-order valence-electron chi connectivity index (χ3n) is 2.43. The summed E-state index contributed by atoms with van der Waals surface area (Å²) in [6, 6.07) is 9.75. The lowest BCUT2D eigenvalue weighted by molar-refractivity contribution is -0.384. The molecule has 0 amide bonds. The molecule has 2 rings (SSSR count). The van der Waals surface area contributed by atoms with Crippen molar-refractivity contribution in [3.63, 3.8) is 0 Å². The molecule has 0 heterocycles. The standard InChI is InChI=1S/C13H8ClNO5/c14-8-2-1-3-10(6-8)20-12-5-4-9(15(18)19)7-11(12)13(16)17/h1-7H,(H,16,17). The summed E-state index contributed by atoms with van der Waals surface area (Å²) in [6.07, 6.45) is 0. The van der Waals surface area contributed by atoms with Gasteiger partial charge in [-0.05, 0) is 24.3 Å². The summed E-state index contributed by atoms with van der Waals surface area (Å²) in [4.78, 5) is 21.1. The molecule has 0 spiro atoms. The smallest absolute Gasteiger partial charge is 0.339 e. The molecule has 2 aromatic carbocycles. The van der Waals surface area contributed by atoms with Gasteiger partial charge in [0.05, 0.1) is 4.92 Å². The number of carboxylic acid groups (broad SMARTS) is 1. The van der Waals surface area contributed by atoms with E-state index in [4.69, 9.17) is 21.4 Å². The quantitative estimate of drug-likeness (QED) is 0.685. The maximum atomic E-state index is 11.1. The number of nitrogens with zero attached hydrogens (tertiary/aromatic N) is 1. The minimum absolute atomic E-state index is 0.00497. The molecule has 0 atom stereocenters. The van der Waals surface area contributed by atoms with Gasteiger partial charge in [0, 0.05) is 17.2 Å². The molecule has 2 aromatic rings. The Morgan fingerprint density at radius 1 is 1.25 bits per heavy atom. The largest absolute Gasteiger partial charge is 0.478 e. The van der Waals surface area contributed by atoms with Crippen LogP contribution in [0.15, 0.2) is 42.5 Å². The number of nitro benzene ring substituents is 1. The Morgan fingerprint density at radius 3 is 2.60 bits per heavy atom. The second kappa shape index (κ2) is 5.58. The predicted octanol–water partition coefficient (Wildman–Crippen LogP) is 3.74. The molecule has 0 aliphatic carbocycles. The molecule has 1 N–H and O–H groups in total. The minimum atomic E-state index is -1.31. The zero-order valence-electron chi connectivity index (χ0n) is 9.95. The Balaban J connectivity index is 2.41. The van der Waals surface area contributed by atoms with Gasteiger partial charge in [-0.3, -0.25) is 10.1 Å². The van der Waals surface area contributed by atoms with Crippen LogP contribution in [0.2, 0.25) is 5.02 Å². The van der Waals surface area contributed by atoms with E-state index < -0.39 is 10.9 Å². The summed E-state index contributed by atoms with van der Waals surface area (Å²) in [6.45, 7) is 0. The van der Waals surface area contributed by atoms with Crippen LogP contribution in [-0.4, -0.2) is 16.0 Å². The van der Waals surface area contributed by atoms with Crippen LogP contribution in [0.25, 0.3) is 0 Å². The van der Waals surface area contributed by atoms with Gasteiger partial charge in [-0.25, -0.2) is 4.79 Å². The Kier molecular flexibility index (Phi) is 3.86. The van der Waals surface area contributed by atoms with Gasteiger partial charge in [0.25, 0.3) is 5.69 Å². The van der Waals surface area contributed by atoms with E-state index >= 15 is 0 Å². The topological polar surface area (TPSA) is 89.7 Å². The molecule has 0 bridgehead atoms. The van der Waals surface area contributed by atoms with Gasteiger partial charge in [0.15, 0.2) is 0 Å². The highest BCUT2D eigenvalue weighted by Gasteiger charge is 2.17. The van der Waals surface area contributed by atoms with Crippen molar-refractivity contribution in [3.8, 4) is 11.5 Å². The molecule has 0 fully saturated rings. The van der Waals surface area contributed by atoms with Crippen LogP contribution < -0.4 is 4.74 Å². The first-order valence-corrected chi connectivity index (χ1v) is 5.80. The van der Waals surface area contributed by atoms with E-state index in [9.17, 15) is 14.9 Å². The van der Waals surface area contributed by atoms with Gasteiger partial charge in [0.1, 0.15) is 17.1 Å². The first kappa shape index (κ1) is 13.8. The average molecular weight is 294 g/mol. The van der Waals surface area contributed by atoms with E-state index in [0.29, 0.717) is 10.8 Å². The number of halogens is 1. The number of nitro groups is 1. The van der Waals surface area contributed by atoms with Crippen molar-refractivity contribution in [2.75, 3.05) is 0 Å². The van der Waals surface area contributed by atoms with Crippen LogP contribution in [0.5, 0.6) is 11.5 Å². The van der Waals surface area contributed by atoms with Gasteiger partial charge in [-0.15, -0.1) is 0 Å². The summed E-state index contributed by atoms with van der Waals surface area (Å²) in [7, 11) is 0. The second-order valence-corrected chi connectivity index (χ2v) is 4.24. The fourth-order valence-electron chi connectivity index (χ4n) is 1.55. The molecule has 0 saturated heterocycles. The first-order valence-electron chi connectivity index (χ1n) is 5.42. The number of hydrogen-bond acceptors (Lipinski definition) is 4. The average Bonchev–Trinajstić information content (AvgIpc) is 2.38. The van der Waals surface area contributed by atoms with E-state index in [0.717, 1.165) is 6.07 Å². The van der Waals surface area contributed by atoms with E-state index in [1.165, 1.54) is 18.2 Å². The highest BCUT2D eigenvalue weighted by molar-refractivity contribution is 6.30. The van der Waals surface area contributed by atoms with Crippen LogP contribution >= 0.6 is 11.6 Å². The normalized spacial score (nSPS) is 10.1. The molecule has 0 aliphatic heterocycles. The lowest BCUT2D eigenvalue weighted by atomic mass is 10.2. The third-order valence-corrected chi connectivity index (χ3v) is 2.66. The Hall–Kier alpha value is -2.60. The molecule has 102 valence electrons. The minimum Gasteiger partial charge on any atom is -0.478 e. The number of aromatic carboxylic acids is 1. The maximum Gasteiger partial charge on any atom is 0.339 e. The number of non-ortho nitro benzene ring substituents is 1. The molecule has 0 aliphatic rings. The molecule has 0 unspecified atom stereocenters. The van der Waals surface area contributed by atoms with Gasteiger partial charge >= 0.3 is 5.97 Å². The molecule has 6 nitrogen and oxygen atoms in total. The van der Waals surface area contributed by atoms with Crippen LogP contribution in [0.3, 0.4) is 0 Å². The van der Waals surface area contributed by atoms with E-state index in [1.807, 2.05) is 0 Å². The maximum absolute atomic E-state index is 11.1. The van der Waals surface area contributed by atoms with Gasteiger partial charge in [-0.1, -0.05) is 17.7 Å². The lowest BCUT2D eigenvalue weighted by Gasteiger charge is -2.08. The highest BCUT2D eigenvalue weighted by atomic mass is 35.5. The Labute approximate surface area is 118 Å². The van der Waals surface area contributed by atoms with Crippen molar-refractivity contribution in [2.24, 2.45) is 0 Å². The number of carbonyl (C=O) groups is 1. The van der Waals surface area contributed by atoms with Gasteiger partial charge < -0.3 is 9.84 Å². The number of rotatable bonds is 4. The van der Waals surface area contributed by atoms with E-state index in [-0.39, 0.29) is 17.0 Å². The van der Waals surface area contributed by atoms with Gasteiger partial charge in [-0.2, -0.15) is 0 Å². The van der Waals surface area contributed by atoms with Crippen LogP contribution in [0, 0.1) is 10.1 Å². The fraction of sp³-hybridized carbons (Fsp3) is 0. The van der Waals surface area contributed by atoms with E-state index in [2.05, 4.69) is 0 Å². The highest BCUT2D eigenvalue weighted by Crippen LogP contribution is 2.29. The second-order valence-electron chi connectivity index (χ2n) is 3.80. The van der Waals surface area contributed by atoms with Crippen molar-refractivity contribution in [1.82, 2.24) is 0 Å². The number of hydrogen-bond donors (Lipinski definition) is 1. The molecular weight excluding hydrogens is 286 g/mol. The van der Waals surface area contributed by atoms with Crippen molar-refractivity contribution in [3.05, 3.63) is 63.2 Å². The third kappa shape index (κ3) is 3.04. The summed E-state index contributed by atoms with van der Waals surface area (Å²) >= 11 is 5.79. The Morgan fingerprint density at radius 2 is 2.00 bits per heavy atom. The predicted molar refractivity (Wildman–Crippen MR) is 71.6 cm³/mol. The first-order chi connectivity index (χ1) is 9.47. The summed E-state index contributed by atoms with van der Waals surface area (Å²) in [5.41, 5.74) is -0.611. The Bertz CT molecular complexity index is 686. The van der Waals surface area contributed by atoms with Crippen molar-refractivity contribution >= 4 is 23.3 Å². The number of ether oxygens (including phenoxy) is 1. The molecule has 0 radical (unpaired) electrons. The zero-order chi connectivity index (χ0) is 14.7. The van der Waals surface area contributed by atoms with Crippen molar-refractivity contribution in [2.45, 2.75) is 0 Å². The van der Waals surface area contributed by atoms with Gasteiger partial charge in [0.2, 0.25) is 0 Å². The number of carboxylic acids is 1. The fourth-order valence-corrected chi connectivity index (χ4v) is 1.73. The zero-order valence-corrected chi connectivity index (χ0v) is 10.7. The lowest BCUT2D eigenvalue weighted by Crippen LogP contribution is -2.01. The molecule has 20 heavy (non-hydrogen) atoms. The van der Waals surface area contributed by atoms with Crippen LogP contribution in [-0.2, 0) is 0 Å². The molecule has 0 aromatic heterocycles. The van der Waals surface area contributed by atoms with Crippen molar-refractivity contribution < 1.29 is 19.6 Å². The van der Waals surface area contributed by atoms with Crippen molar-refractivity contribution in [1.29, 1.82) is 0 Å². The molecule has 7 heteroatoms. The summed E-state index contributed by atoms with van der Waals surface area (Å²) < 4.78 is 5.40. The van der Waals surface area contributed by atoms with Crippen LogP contribution in [0.4, 0.5) is 5.69 Å². The molecule has 0 saturated carbocycles. The summed E-state index contributed by atoms with van der Waals surface area (Å²) in [5.74, 6) is -0.968. The summed E-state index contributed by atoms with van der Waals surface area (Å²) in [5, 5.41) is 20.2. The molecular formula is C13H8ClNO5. The number of benzene rings is 2. The SMILES string of the molecule is O=C(O)c1cc([N+](=O)[O-])ccc1Oc1cccc(Cl)c1. The monoisotopic (exact) mass is 293 g/mol. The van der Waals surface area contributed by atoms with E-state index in [1.54, 1.807) is 18.2 Å². The van der Waals surface area contributed by atoms with Crippen LogP contribution in [0.1, 0.15) is 10.4 Å².